The van der Waals surface area contributed by atoms with Crippen molar-refractivity contribution < 1.29 is 18.4 Å². The summed E-state index contributed by atoms with van der Waals surface area (Å²) >= 11 is 0. The number of rotatable bonds is 4. The number of amides is 2. The van der Waals surface area contributed by atoms with Crippen molar-refractivity contribution in [2.75, 3.05) is 11.9 Å². The summed E-state index contributed by atoms with van der Waals surface area (Å²) in [6.07, 6.45) is 3.64. The first-order chi connectivity index (χ1) is 14.4. The lowest BCUT2D eigenvalue weighted by atomic mass is 10.0. The van der Waals surface area contributed by atoms with Gasteiger partial charge in [0.1, 0.15) is 5.69 Å². The summed E-state index contributed by atoms with van der Waals surface area (Å²) in [6, 6.07) is 8.11. The van der Waals surface area contributed by atoms with Crippen molar-refractivity contribution in [1.82, 2.24) is 20.1 Å². The predicted octanol–water partition coefficient (Wildman–Crippen LogP) is 3.24. The molecule has 0 radical (unpaired) electrons. The van der Waals surface area contributed by atoms with Gasteiger partial charge in [-0.15, -0.1) is 0 Å². The molecule has 3 aromatic rings. The third kappa shape index (κ3) is 3.78. The van der Waals surface area contributed by atoms with Gasteiger partial charge < -0.3 is 15.2 Å². The van der Waals surface area contributed by atoms with E-state index in [1.807, 2.05) is 0 Å². The molecule has 2 aromatic heterocycles. The molecule has 2 amide bonds. The van der Waals surface area contributed by atoms with Crippen molar-refractivity contribution in [3.8, 4) is 11.3 Å². The Morgan fingerprint density at radius 2 is 1.97 bits per heavy atom. The van der Waals surface area contributed by atoms with Gasteiger partial charge in [0.05, 0.1) is 18.3 Å². The van der Waals surface area contributed by atoms with E-state index < -0.39 is 17.6 Å². The predicted molar refractivity (Wildman–Crippen MR) is 105 cm³/mol. The van der Waals surface area contributed by atoms with Crippen LogP contribution < -0.4 is 5.32 Å². The van der Waals surface area contributed by atoms with Gasteiger partial charge in [-0.05, 0) is 43.7 Å². The van der Waals surface area contributed by atoms with Crippen molar-refractivity contribution in [3.05, 3.63) is 66.1 Å². The van der Waals surface area contributed by atoms with E-state index in [0.29, 0.717) is 18.7 Å². The first-order valence-electron chi connectivity index (χ1n) is 9.47. The van der Waals surface area contributed by atoms with Crippen LogP contribution in [0.5, 0.6) is 0 Å². The molecule has 30 heavy (non-hydrogen) atoms. The van der Waals surface area contributed by atoms with E-state index in [4.69, 9.17) is 0 Å². The highest BCUT2D eigenvalue weighted by molar-refractivity contribution is 5.97. The minimum absolute atomic E-state index is 0.177. The fourth-order valence-corrected chi connectivity index (χ4v) is 3.68. The van der Waals surface area contributed by atoms with Crippen molar-refractivity contribution in [2.45, 2.75) is 19.4 Å². The lowest BCUT2D eigenvalue weighted by Gasteiger charge is -2.24. The maximum atomic E-state index is 13.4. The van der Waals surface area contributed by atoms with E-state index in [9.17, 15) is 18.4 Å². The van der Waals surface area contributed by atoms with Crippen LogP contribution in [0.25, 0.3) is 11.3 Å². The topological polar surface area (TPSA) is 91.0 Å². The molecule has 3 heterocycles. The number of likely N-dealkylation sites (tertiary alicyclic amines) is 1. The molecular weight excluding hydrogens is 392 g/mol. The van der Waals surface area contributed by atoms with Crippen LogP contribution in [0.1, 0.15) is 23.8 Å². The first-order valence-corrected chi connectivity index (χ1v) is 9.47. The Kier molecular flexibility index (Phi) is 5.26. The van der Waals surface area contributed by atoms with Gasteiger partial charge in [0.25, 0.3) is 5.91 Å². The maximum Gasteiger partial charge on any atom is 0.270 e. The molecule has 2 N–H and O–H groups in total. The van der Waals surface area contributed by atoms with Crippen molar-refractivity contribution in [3.63, 3.8) is 0 Å². The summed E-state index contributed by atoms with van der Waals surface area (Å²) in [5.41, 5.74) is 2.14. The molecule has 1 saturated heterocycles. The van der Waals surface area contributed by atoms with Crippen LogP contribution in [0.15, 0.2) is 48.8 Å². The summed E-state index contributed by atoms with van der Waals surface area (Å²) in [4.78, 5) is 30.3. The summed E-state index contributed by atoms with van der Waals surface area (Å²) < 4.78 is 26.4. The van der Waals surface area contributed by atoms with E-state index in [1.165, 1.54) is 6.07 Å². The molecule has 4 rings (SSSR count). The number of halogens is 2. The Bertz CT molecular complexity index is 1090. The zero-order valence-electron chi connectivity index (χ0n) is 16.1. The monoisotopic (exact) mass is 411 g/mol. The number of aromatic nitrogens is 3. The number of nitrogens with one attached hydrogen (secondary N) is 2. The van der Waals surface area contributed by atoms with Crippen molar-refractivity contribution in [1.29, 1.82) is 0 Å². The maximum absolute atomic E-state index is 13.4. The van der Waals surface area contributed by atoms with Crippen LogP contribution in [0.4, 0.5) is 14.5 Å². The van der Waals surface area contributed by atoms with Crippen LogP contribution in [-0.2, 0) is 4.79 Å². The highest BCUT2D eigenvalue weighted by Gasteiger charge is 2.38. The quantitative estimate of drug-likeness (QED) is 0.690. The second-order valence-corrected chi connectivity index (χ2v) is 7.17. The smallest absolute Gasteiger partial charge is 0.270 e. The molecule has 1 fully saturated rings. The molecule has 7 nitrogen and oxygen atoms in total. The second-order valence-electron chi connectivity index (χ2n) is 7.17. The Balaban J connectivity index is 1.44. The van der Waals surface area contributed by atoms with E-state index in [1.54, 1.807) is 42.4 Å². The Hall–Kier alpha value is -3.62. The molecule has 2 atom stereocenters. The highest BCUT2D eigenvalue weighted by Crippen LogP contribution is 2.28. The summed E-state index contributed by atoms with van der Waals surface area (Å²) in [7, 11) is 0. The average Bonchev–Trinajstić information content (AvgIpc) is 3.38. The number of hydrogen-bond donors (Lipinski definition) is 2. The number of nitrogens with zero attached hydrogens (tertiary/aromatic N) is 3. The zero-order chi connectivity index (χ0) is 21.3. The van der Waals surface area contributed by atoms with Crippen LogP contribution >= 0.6 is 0 Å². The van der Waals surface area contributed by atoms with Crippen molar-refractivity contribution >= 4 is 17.5 Å². The molecule has 0 unspecified atom stereocenters. The van der Waals surface area contributed by atoms with Gasteiger partial charge in [0.2, 0.25) is 5.91 Å². The number of benzene rings is 1. The normalized spacial score (nSPS) is 18.4. The standard InChI is InChI=1S/C21H19F2N5O2/c1-12-15(20(29)26-14-2-3-16(22)17(23)10-14)7-9-28(12)21(30)19-5-4-18(27-19)13-6-8-24-25-11-13/h2-6,8,10-12,15,27H,7,9H2,1H3,(H,26,29)/t12-,15-/m0/s1. The number of hydrogen-bond acceptors (Lipinski definition) is 4. The second kappa shape index (κ2) is 8.02. The molecule has 154 valence electrons. The van der Waals surface area contributed by atoms with E-state index >= 15 is 0 Å². The fourth-order valence-electron chi connectivity index (χ4n) is 3.68. The molecule has 1 aliphatic rings. The highest BCUT2D eigenvalue weighted by atomic mass is 19.2. The lowest BCUT2D eigenvalue weighted by molar-refractivity contribution is -0.120. The van der Waals surface area contributed by atoms with Gasteiger partial charge in [-0.2, -0.15) is 10.2 Å². The van der Waals surface area contributed by atoms with E-state index in [0.717, 1.165) is 23.4 Å². The Morgan fingerprint density at radius 3 is 2.70 bits per heavy atom. The van der Waals surface area contributed by atoms with Crippen molar-refractivity contribution in [2.24, 2.45) is 5.92 Å². The first kappa shape index (κ1) is 19.7. The third-order valence-electron chi connectivity index (χ3n) is 5.35. The molecule has 0 saturated carbocycles. The van der Waals surface area contributed by atoms with Crippen LogP contribution in [0, 0.1) is 17.6 Å². The lowest BCUT2D eigenvalue weighted by Crippen LogP contribution is -2.39. The number of anilines is 1. The number of aromatic amines is 1. The third-order valence-corrected chi connectivity index (χ3v) is 5.35. The van der Waals surface area contributed by atoms with Crippen LogP contribution in [0.2, 0.25) is 0 Å². The van der Waals surface area contributed by atoms with Crippen LogP contribution in [0.3, 0.4) is 0 Å². The molecular formula is C21H19F2N5O2. The number of carbonyl (C=O) groups excluding carboxylic acids is 2. The Labute approximate surface area is 171 Å². The minimum Gasteiger partial charge on any atom is -0.350 e. The SMILES string of the molecule is C[C@H]1[C@@H](C(=O)Nc2ccc(F)c(F)c2)CCN1C(=O)c1ccc(-c2ccnnc2)[nH]1. The van der Waals surface area contributed by atoms with Gasteiger partial charge in [-0.1, -0.05) is 0 Å². The average molecular weight is 411 g/mol. The fraction of sp³-hybridized carbons (Fsp3) is 0.238. The minimum atomic E-state index is -1.03. The van der Waals surface area contributed by atoms with Gasteiger partial charge in [-0.3, -0.25) is 9.59 Å². The van der Waals surface area contributed by atoms with Gasteiger partial charge >= 0.3 is 0 Å². The van der Waals surface area contributed by atoms with Gasteiger partial charge in [0.15, 0.2) is 11.6 Å². The molecule has 0 spiro atoms. The summed E-state index contributed by atoms with van der Waals surface area (Å²) in [6.45, 7) is 2.22. The summed E-state index contributed by atoms with van der Waals surface area (Å²) in [5.74, 6) is -3.01. The van der Waals surface area contributed by atoms with E-state index in [-0.39, 0.29) is 23.5 Å². The van der Waals surface area contributed by atoms with E-state index in [2.05, 4.69) is 20.5 Å². The zero-order valence-corrected chi connectivity index (χ0v) is 16.1. The molecule has 1 aliphatic heterocycles. The van der Waals surface area contributed by atoms with Gasteiger partial charge in [0, 0.05) is 35.6 Å². The Morgan fingerprint density at radius 1 is 1.13 bits per heavy atom. The van der Waals surface area contributed by atoms with Gasteiger partial charge in [-0.25, -0.2) is 8.78 Å². The largest absolute Gasteiger partial charge is 0.350 e. The molecule has 1 aromatic carbocycles. The molecule has 0 aliphatic carbocycles. The molecule has 9 heteroatoms. The van der Waals surface area contributed by atoms with Crippen LogP contribution in [-0.4, -0.2) is 44.5 Å². The summed E-state index contributed by atoms with van der Waals surface area (Å²) in [5, 5.41) is 10.2. The molecule has 0 bridgehead atoms. The number of H-pyrrole nitrogens is 1. The number of carbonyl (C=O) groups is 2.